The first-order chi connectivity index (χ1) is 4.57. The molecule has 1 N–H and O–H groups in total. The quantitative estimate of drug-likeness (QED) is 0.423. The van der Waals surface area contributed by atoms with Crippen LogP contribution in [0.15, 0.2) is 11.8 Å². The van der Waals surface area contributed by atoms with E-state index in [2.05, 4.69) is 0 Å². The van der Waals surface area contributed by atoms with Crippen LogP contribution in [0.5, 0.6) is 0 Å². The van der Waals surface area contributed by atoms with Crippen molar-refractivity contribution in [3.63, 3.8) is 0 Å². The summed E-state index contributed by atoms with van der Waals surface area (Å²) in [6.07, 6.45) is 0.748. The molecule has 0 saturated heterocycles. The van der Waals surface area contributed by atoms with Gasteiger partial charge < -0.3 is 9.84 Å². The molecule has 0 rings (SSSR count). The number of ketones is 1. The van der Waals surface area contributed by atoms with Crippen molar-refractivity contribution in [2.45, 2.75) is 20.0 Å². The Morgan fingerprint density at radius 3 is 2.36 bits per heavy atom. The van der Waals surface area contributed by atoms with Crippen LogP contribution in [0, 0.1) is 0 Å². The van der Waals surface area contributed by atoms with Crippen molar-refractivity contribution in [1.82, 2.24) is 0 Å². The number of carbonyl (C=O) groups is 1. The molecule has 0 aromatic rings. The van der Waals surface area contributed by atoms with Crippen molar-refractivity contribution in [2.75, 3.05) is 7.11 Å². The van der Waals surface area contributed by atoms with Crippen LogP contribution in [0.1, 0.15) is 13.8 Å². The average Bonchev–Trinajstić information content (AvgIpc) is 1.85. The largest absolute Gasteiger partial charge is 0.509 e. The van der Waals surface area contributed by atoms with Gasteiger partial charge in [-0.15, -0.1) is 0 Å². The third kappa shape index (κ3) is 6.08. The summed E-state index contributed by atoms with van der Waals surface area (Å²) in [5.41, 5.74) is 0. The Morgan fingerprint density at radius 2 is 2.09 bits per heavy atom. The second kappa shape index (κ2) is 6.38. The first-order valence-electron chi connectivity index (χ1n) is 3.02. The SMILES string of the molecule is COC(C)/C(O)=C/C(C)=O.[Ni]. The van der Waals surface area contributed by atoms with E-state index < -0.39 is 6.10 Å². The number of aliphatic hydroxyl groups excluding tert-OH is 1. The fourth-order valence-electron chi connectivity index (χ4n) is 0.446. The van der Waals surface area contributed by atoms with Crippen molar-refractivity contribution in [2.24, 2.45) is 0 Å². The molecular weight excluding hydrogens is 191 g/mol. The number of carbonyl (C=O) groups excluding carboxylic acids is 1. The first kappa shape index (κ1) is 13.3. The standard InChI is InChI=1S/C7H12O3.Ni/c1-5(8)4-7(9)6(2)10-3;/h4,6,9H,1-3H3;/b7-4-;. The van der Waals surface area contributed by atoms with Gasteiger partial charge in [0, 0.05) is 29.7 Å². The van der Waals surface area contributed by atoms with Crippen LogP contribution in [0.4, 0.5) is 0 Å². The minimum Gasteiger partial charge on any atom is -0.509 e. The fourth-order valence-corrected chi connectivity index (χ4v) is 0.446. The van der Waals surface area contributed by atoms with E-state index in [1.807, 2.05) is 0 Å². The molecule has 0 aliphatic rings. The Morgan fingerprint density at radius 1 is 1.64 bits per heavy atom. The van der Waals surface area contributed by atoms with Crippen LogP contribution in [0.25, 0.3) is 0 Å². The Bertz CT molecular complexity index is 154. The summed E-state index contributed by atoms with van der Waals surface area (Å²) in [6.45, 7) is 3.04. The van der Waals surface area contributed by atoms with E-state index in [1.165, 1.54) is 14.0 Å². The van der Waals surface area contributed by atoms with Crippen molar-refractivity contribution in [1.29, 1.82) is 0 Å². The van der Waals surface area contributed by atoms with Gasteiger partial charge in [0.1, 0.15) is 11.9 Å². The van der Waals surface area contributed by atoms with Gasteiger partial charge in [-0.05, 0) is 13.8 Å². The van der Waals surface area contributed by atoms with Crippen LogP contribution in [0.2, 0.25) is 0 Å². The molecule has 11 heavy (non-hydrogen) atoms. The van der Waals surface area contributed by atoms with Crippen molar-refractivity contribution >= 4 is 5.78 Å². The van der Waals surface area contributed by atoms with E-state index in [-0.39, 0.29) is 28.0 Å². The zero-order chi connectivity index (χ0) is 8.15. The Balaban J connectivity index is 0. The Labute approximate surface area is 76.4 Å². The van der Waals surface area contributed by atoms with Gasteiger partial charge in [0.25, 0.3) is 0 Å². The summed E-state index contributed by atoms with van der Waals surface area (Å²) in [7, 11) is 1.47. The number of ether oxygens (including phenoxy) is 1. The molecule has 1 atom stereocenters. The van der Waals surface area contributed by atoms with Crippen molar-refractivity contribution < 1.29 is 31.1 Å². The molecule has 4 heteroatoms. The maximum Gasteiger partial charge on any atom is 0.156 e. The molecule has 68 valence electrons. The second-order valence-corrected chi connectivity index (χ2v) is 2.06. The van der Waals surface area contributed by atoms with E-state index in [4.69, 9.17) is 9.84 Å². The van der Waals surface area contributed by atoms with Crippen LogP contribution in [-0.4, -0.2) is 24.1 Å². The molecule has 0 aliphatic carbocycles. The number of hydrogen-bond acceptors (Lipinski definition) is 3. The molecule has 0 aromatic carbocycles. The zero-order valence-corrected chi connectivity index (χ0v) is 7.72. The van der Waals surface area contributed by atoms with Crippen LogP contribution in [-0.2, 0) is 26.0 Å². The monoisotopic (exact) mass is 202 g/mol. The molecule has 0 heterocycles. The van der Waals surface area contributed by atoms with Gasteiger partial charge in [-0.25, -0.2) is 0 Å². The van der Waals surface area contributed by atoms with Gasteiger partial charge in [-0.2, -0.15) is 0 Å². The smallest absolute Gasteiger partial charge is 0.156 e. The van der Waals surface area contributed by atoms with E-state index in [1.54, 1.807) is 6.92 Å². The first-order valence-corrected chi connectivity index (χ1v) is 3.02. The second-order valence-electron chi connectivity index (χ2n) is 2.06. The summed E-state index contributed by atoms with van der Waals surface area (Å²) in [5, 5.41) is 9.00. The predicted octanol–water partition coefficient (Wildman–Crippen LogP) is 1.05. The third-order valence-corrected chi connectivity index (χ3v) is 1.12. The summed E-state index contributed by atoms with van der Waals surface area (Å²) in [4.78, 5) is 10.4. The molecule has 0 bridgehead atoms. The molecule has 1 unspecified atom stereocenters. The Hall–Kier alpha value is -0.336. The summed E-state index contributed by atoms with van der Waals surface area (Å²) >= 11 is 0. The molecule has 0 radical (unpaired) electrons. The van der Waals surface area contributed by atoms with E-state index in [0.29, 0.717) is 0 Å². The summed E-state index contributed by atoms with van der Waals surface area (Å²) < 4.78 is 4.74. The minimum atomic E-state index is -0.399. The van der Waals surface area contributed by atoms with Gasteiger partial charge in [-0.3, -0.25) is 4.79 Å². The third-order valence-electron chi connectivity index (χ3n) is 1.12. The number of allylic oxidation sites excluding steroid dienone is 1. The van der Waals surface area contributed by atoms with Crippen LogP contribution >= 0.6 is 0 Å². The normalized spacial score (nSPS) is 13.5. The topological polar surface area (TPSA) is 46.5 Å². The maximum atomic E-state index is 10.4. The van der Waals surface area contributed by atoms with Gasteiger partial charge in [0.15, 0.2) is 5.78 Å². The molecule has 0 amide bonds. The minimum absolute atomic E-state index is 0. The maximum absolute atomic E-state index is 10.4. The van der Waals surface area contributed by atoms with Crippen LogP contribution < -0.4 is 0 Å². The molecule has 3 nitrogen and oxygen atoms in total. The van der Waals surface area contributed by atoms with E-state index in [0.717, 1.165) is 6.08 Å². The number of hydrogen-bond donors (Lipinski definition) is 1. The molecule has 0 spiro atoms. The van der Waals surface area contributed by atoms with Crippen molar-refractivity contribution in [3.8, 4) is 0 Å². The molecular formula is C7H12NiO3. The summed E-state index contributed by atoms with van der Waals surface area (Å²) in [6, 6.07) is 0. The Kier molecular flexibility index (Phi) is 7.69. The van der Waals surface area contributed by atoms with Crippen molar-refractivity contribution in [3.05, 3.63) is 11.8 Å². The molecule has 0 saturated carbocycles. The van der Waals surface area contributed by atoms with E-state index in [9.17, 15) is 4.79 Å². The summed E-state index contributed by atoms with van der Waals surface area (Å²) in [5.74, 6) is -0.212. The van der Waals surface area contributed by atoms with Gasteiger partial charge >= 0.3 is 0 Å². The fraction of sp³-hybridized carbons (Fsp3) is 0.571. The average molecular weight is 203 g/mol. The van der Waals surface area contributed by atoms with Gasteiger partial charge in [0.2, 0.25) is 0 Å². The molecule has 0 aromatic heterocycles. The van der Waals surface area contributed by atoms with Crippen LogP contribution in [0.3, 0.4) is 0 Å². The van der Waals surface area contributed by atoms with Gasteiger partial charge in [0.05, 0.1) is 0 Å². The molecule has 0 aliphatic heterocycles. The number of methoxy groups -OCH3 is 1. The molecule has 0 fully saturated rings. The number of rotatable bonds is 3. The van der Waals surface area contributed by atoms with E-state index >= 15 is 0 Å². The predicted molar refractivity (Wildman–Crippen MR) is 37.9 cm³/mol. The number of aliphatic hydroxyl groups is 1. The van der Waals surface area contributed by atoms with Gasteiger partial charge in [-0.1, -0.05) is 0 Å². The zero-order valence-electron chi connectivity index (χ0n) is 6.73.